The SMILES string of the molecule is CCn1ccc(-c2nnc3n2-c2ccccc2COC3)n1. The summed E-state index contributed by atoms with van der Waals surface area (Å²) in [7, 11) is 0. The molecule has 3 heterocycles. The fraction of sp³-hybridized carbons (Fsp3) is 0.267. The lowest BCUT2D eigenvalue weighted by molar-refractivity contribution is 0.105. The lowest BCUT2D eigenvalue weighted by Gasteiger charge is -2.09. The van der Waals surface area contributed by atoms with E-state index in [1.54, 1.807) is 0 Å². The van der Waals surface area contributed by atoms with E-state index in [1.807, 2.05) is 33.6 Å². The molecule has 0 saturated carbocycles. The van der Waals surface area contributed by atoms with Crippen molar-refractivity contribution in [1.82, 2.24) is 24.5 Å². The highest BCUT2D eigenvalue weighted by Gasteiger charge is 2.21. The van der Waals surface area contributed by atoms with E-state index >= 15 is 0 Å². The number of para-hydroxylation sites is 1. The number of fused-ring (bicyclic) bond motifs is 3. The van der Waals surface area contributed by atoms with Gasteiger partial charge in [0.2, 0.25) is 0 Å². The van der Waals surface area contributed by atoms with Gasteiger partial charge >= 0.3 is 0 Å². The summed E-state index contributed by atoms with van der Waals surface area (Å²) in [4.78, 5) is 0. The molecule has 106 valence electrons. The van der Waals surface area contributed by atoms with Gasteiger partial charge in [-0.05, 0) is 19.1 Å². The van der Waals surface area contributed by atoms with Gasteiger partial charge in [-0.15, -0.1) is 10.2 Å². The fourth-order valence-corrected chi connectivity index (χ4v) is 2.59. The molecule has 21 heavy (non-hydrogen) atoms. The van der Waals surface area contributed by atoms with Crippen molar-refractivity contribution in [2.45, 2.75) is 26.7 Å². The van der Waals surface area contributed by atoms with Crippen molar-refractivity contribution in [3.63, 3.8) is 0 Å². The van der Waals surface area contributed by atoms with Crippen LogP contribution in [0.25, 0.3) is 17.2 Å². The Kier molecular flexibility index (Phi) is 2.82. The molecule has 3 aromatic rings. The summed E-state index contributed by atoms with van der Waals surface area (Å²) in [5.41, 5.74) is 3.02. The van der Waals surface area contributed by atoms with Crippen LogP contribution < -0.4 is 0 Å². The van der Waals surface area contributed by atoms with E-state index in [4.69, 9.17) is 4.74 Å². The zero-order valence-electron chi connectivity index (χ0n) is 11.7. The normalized spacial score (nSPS) is 13.6. The second-order valence-electron chi connectivity index (χ2n) is 4.95. The molecule has 6 nitrogen and oxygen atoms in total. The third-order valence-corrected chi connectivity index (χ3v) is 3.65. The van der Waals surface area contributed by atoms with Gasteiger partial charge in [-0.25, -0.2) is 0 Å². The van der Waals surface area contributed by atoms with Crippen LogP contribution in [0, 0.1) is 0 Å². The van der Waals surface area contributed by atoms with Gasteiger partial charge in [0, 0.05) is 18.3 Å². The highest BCUT2D eigenvalue weighted by molar-refractivity contribution is 5.56. The van der Waals surface area contributed by atoms with Crippen molar-refractivity contribution in [2.24, 2.45) is 0 Å². The summed E-state index contributed by atoms with van der Waals surface area (Å²) in [6.45, 7) is 3.93. The van der Waals surface area contributed by atoms with Crippen LogP contribution in [0.15, 0.2) is 36.5 Å². The zero-order chi connectivity index (χ0) is 14.2. The molecular weight excluding hydrogens is 266 g/mol. The minimum absolute atomic E-state index is 0.455. The average Bonchev–Trinajstić information content (AvgIpc) is 3.10. The molecule has 0 N–H and O–H groups in total. The third kappa shape index (κ3) is 1.95. The first-order valence-corrected chi connectivity index (χ1v) is 7.01. The Morgan fingerprint density at radius 2 is 2.05 bits per heavy atom. The second-order valence-corrected chi connectivity index (χ2v) is 4.95. The zero-order valence-corrected chi connectivity index (χ0v) is 11.7. The molecule has 0 amide bonds. The Bertz CT molecular complexity index is 789. The topological polar surface area (TPSA) is 57.8 Å². The average molecular weight is 281 g/mol. The van der Waals surface area contributed by atoms with Gasteiger partial charge in [0.05, 0.1) is 12.3 Å². The van der Waals surface area contributed by atoms with E-state index in [2.05, 4.69) is 34.4 Å². The van der Waals surface area contributed by atoms with Crippen LogP contribution in [0.1, 0.15) is 18.3 Å². The minimum Gasteiger partial charge on any atom is -0.369 e. The summed E-state index contributed by atoms with van der Waals surface area (Å²) < 4.78 is 9.61. The van der Waals surface area contributed by atoms with E-state index < -0.39 is 0 Å². The Morgan fingerprint density at radius 3 is 2.90 bits per heavy atom. The monoisotopic (exact) mass is 281 g/mol. The van der Waals surface area contributed by atoms with Crippen LogP contribution in [0.3, 0.4) is 0 Å². The van der Waals surface area contributed by atoms with E-state index in [9.17, 15) is 0 Å². The maximum Gasteiger partial charge on any atom is 0.189 e. The number of benzene rings is 1. The molecule has 0 fully saturated rings. The Morgan fingerprint density at radius 1 is 1.14 bits per heavy atom. The number of ether oxygens (including phenoxy) is 1. The van der Waals surface area contributed by atoms with Crippen molar-refractivity contribution < 1.29 is 4.74 Å². The molecule has 0 radical (unpaired) electrons. The largest absolute Gasteiger partial charge is 0.369 e. The van der Waals surface area contributed by atoms with Crippen LogP contribution in [-0.2, 0) is 24.5 Å². The van der Waals surface area contributed by atoms with Crippen molar-refractivity contribution in [3.8, 4) is 17.2 Å². The van der Waals surface area contributed by atoms with E-state index in [0.29, 0.717) is 13.2 Å². The number of nitrogens with zero attached hydrogens (tertiary/aromatic N) is 5. The van der Waals surface area contributed by atoms with Gasteiger partial charge in [0.15, 0.2) is 11.6 Å². The van der Waals surface area contributed by atoms with Gasteiger partial charge in [-0.3, -0.25) is 9.25 Å². The first-order chi connectivity index (χ1) is 10.4. The fourth-order valence-electron chi connectivity index (χ4n) is 2.59. The molecule has 0 aliphatic carbocycles. The summed E-state index contributed by atoms with van der Waals surface area (Å²) in [6.07, 6.45) is 1.95. The van der Waals surface area contributed by atoms with Gasteiger partial charge in [-0.2, -0.15) is 5.10 Å². The van der Waals surface area contributed by atoms with Crippen molar-refractivity contribution in [3.05, 3.63) is 47.9 Å². The minimum atomic E-state index is 0.455. The highest BCUT2D eigenvalue weighted by atomic mass is 16.5. The molecule has 4 rings (SSSR count). The predicted octanol–water partition coefficient (Wildman–Crippen LogP) is 2.18. The molecule has 1 aromatic carbocycles. The molecular formula is C15H15N5O. The summed E-state index contributed by atoms with van der Waals surface area (Å²) >= 11 is 0. The van der Waals surface area contributed by atoms with Crippen LogP contribution >= 0.6 is 0 Å². The Hall–Kier alpha value is -2.47. The standard InChI is InChI=1S/C15H15N5O/c1-2-19-8-7-12(18-19)15-17-16-14-10-21-9-11-5-3-4-6-13(11)20(14)15/h3-8H,2,9-10H2,1H3. The maximum absolute atomic E-state index is 5.67. The third-order valence-electron chi connectivity index (χ3n) is 3.65. The Balaban J connectivity index is 1.92. The number of aromatic nitrogens is 5. The molecule has 0 saturated heterocycles. The molecule has 6 heteroatoms. The molecule has 2 aromatic heterocycles. The number of aryl methyl sites for hydroxylation is 1. The van der Waals surface area contributed by atoms with Crippen LogP contribution in [-0.4, -0.2) is 24.5 Å². The Labute approximate surface area is 122 Å². The summed E-state index contributed by atoms with van der Waals surface area (Å²) in [5.74, 6) is 1.57. The van der Waals surface area contributed by atoms with Crippen LogP contribution in [0.4, 0.5) is 0 Å². The van der Waals surface area contributed by atoms with Crippen molar-refractivity contribution in [2.75, 3.05) is 0 Å². The molecule has 0 atom stereocenters. The summed E-state index contributed by atoms with van der Waals surface area (Å²) in [5, 5.41) is 13.1. The van der Waals surface area contributed by atoms with Crippen molar-refractivity contribution >= 4 is 0 Å². The van der Waals surface area contributed by atoms with Crippen LogP contribution in [0.2, 0.25) is 0 Å². The number of hydrogen-bond donors (Lipinski definition) is 0. The molecule has 0 spiro atoms. The van der Waals surface area contributed by atoms with Crippen LogP contribution in [0.5, 0.6) is 0 Å². The van der Waals surface area contributed by atoms with Gasteiger partial charge < -0.3 is 4.74 Å². The molecule has 1 aliphatic rings. The smallest absolute Gasteiger partial charge is 0.189 e. The highest BCUT2D eigenvalue weighted by Crippen LogP contribution is 2.27. The molecule has 1 aliphatic heterocycles. The van der Waals surface area contributed by atoms with Crippen molar-refractivity contribution in [1.29, 1.82) is 0 Å². The quantitative estimate of drug-likeness (QED) is 0.722. The molecule has 0 unspecified atom stereocenters. The summed E-state index contributed by atoms with van der Waals surface area (Å²) in [6, 6.07) is 10.1. The van der Waals surface area contributed by atoms with E-state index in [1.165, 1.54) is 0 Å². The number of rotatable bonds is 2. The first kappa shape index (κ1) is 12.3. The predicted molar refractivity (Wildman–Crippen MR) is 76.7 cm³/mol. The van der Waals surface area contributed by atoms with Gasteiger partial charge in [0.1, 0.15) is 12.3 Å². The van der Waals surface area contributed by atoms with E-state index in [-0.39, 0.29) is 0 Å². The first-order valence-electron chi connectivity index (χ1n) is 7.01. The van der Waals surface area contributed by atoms with Gasteiger partial charge in [0.25, 0.3) is 0 Å². The number of hydrogen-bond acceptors (Lipinski definition) is 4. The van der Waals surface area contributed by atoms with Gasteiger partial charge in [-0.1, -0.05) is 18.2 Å². The lowest BCUT2D eigenvalue weighted by Crippen LogP contribution is -2.03. The lowest BCUT2D eigenvalue weighted by atomic mass is 10.2. The van der Waals surface area contributed by atoms with E-state index in [0.717, 1.165) is 35.1 Å². The second kappa shape index (κ2) is 4.82. The molecule has 0 bridgehead atoms. The maximum atomic E-state index is 5.67.